The van der Waals surface area contributed by atoms with Crippen LogP contribution in [0.1, 0.15) is 25.7 Å². The van der Waals surface area contributed by atoms with Crippen molar-refractivity contribution in [1.29, 1.82) is 0 Å². The molecular weight excluding hydrogens is 152 g/mol. The monoisotopic (exact) mass is 164 g/mol. The Morgan fingerprint density at radius 1 is 1.33 bits per heavy atom. The zero-order valence-corrected chi connectivity index (χ0v) is 6.95. The molecule has 0 N–H and O–H groups in total. The second-order valence-electron chi connectivity index (χ2n) is 4.48. The van der Waals surface area contributed by atoms with E-state index in [1.165, 1.54) is 0 Å². The lowest BCUT2D eigenvalue weighted by molar-refractivity contribution is -0.132. The molecule has 0 saturated heterocycles. The fourth-order valence-electron chi connectivity index (χ4n) is 2.53. The number of Topliss-reactive ketones (excluding diaryl/α,β-unsaturated/α-hetero) is 2. The van der Waals surface area contributed by atoms with E-state index in [0.717, 1.165) is 19.3 Å². The molecule has 0 aromatic rings. The van der Waals surface area contributed by atoms with Gasteiger partial charge < -0.3 is 0 Å². The van der Waals surface area contributed by atoms with Gasteiger partial charge in [0.25, 0.3) is 0 Å². The third-order valence-corrected chi connectivity index (χ3v) is 3.50. The van der Waals surface area contributed by atoms with Gasteiger partial charge in [0.15, 0.2) is 0 Å². The van der Waals surface area contributed by atoms with Crippen molar-refractivity contribution in [3.63, 3.8) is 0 Å². The van der Waals surface area contributed by atoms with E-state index < -0.39 is 0 Å². The van der Waals surface area contributed by atoms with Crippen molar-refractivity contribution in [2.75, 3.05) is 0 Å². The van der Waals surface area contributed by atoms with Gasteiger partial charge in [-0.2, -0.15) is 0 Å². The van der Waals surface area contributed by atoms with E-state index in [-0.39, 0.29) is 23.4 Å². The predicted molar refractivity (Wildman–Crippen MR) is 42.4 cm³/mol. The molecule has 0 amide bonds. The molecule has 2 heteroatoms. The first-order chi connectivity index (χ1) is 5.77. The number of carbonyl (C=O) groups excluding carboxylic acids is 2. The molecule has 0 aromatic carbocycles. The third-order valence-electron chi connectivity index (χ3n) is 3.50. The molecular formula is C10H12O2. The minimum Gasteiger partial charge on any atom is -0.299 e. The van der Waals surface area contributed by atoms with E-state index in [9.17, 15) is 9.59 Å². The number of carbonyl (C=O) groups is 2. The van der Waals surface area contributed by atoms with Gasteiger partial charge in [-0.05, 0) is 31.1 Å². The minimum absolute atomic E-state index is 0.150. The molecule has 0 aliphatic heterocycles. The highest BCUT2D eigenvalue weighted by Gasteiger charge is 2.57. The molecule has 3 saturated carbocycles. The largest absolute Gasteiger partial charge is 0.299 e. The van der Waals surface area contributed by atoms with Crippen LogP contribution in [0.25, 0.3) is 0 Å². The molecule has 0 heterocycles. The van der Waals surface area contributed by atoms with Gasteiger partial charge in [-0.25, -0.2) is 0 Å². The Morgan fingerprint density at radius 2 is 2.08 bits per heavy atom. The van der Waals surface area contributed by atoms with Crippen LogP contribution in [0.2, 0.25) is 0 Å². The van der Waals surface area contributed by atoms with Crippen molar-refractivity contribution < 1.29 is 9.59 Å². The third kappa shape index (κ3) is 0.809. The number of ketones is 2. The van der Waals surface area contributed by atoms with E-state index in [1.807, 2.05) is 0 Å². The maximum atomic E-state index is 11.6. The molecule has 0 bridgehead atoms. The number of hydrogen-bond acceptors (Lipinski definition) is 2. The molecule has 0 spiro atoms. The van der Waals surface area contributed by atoms with Gasteiger partial charge in [-0.1, -0.05) is 0 Å². The van der Waals surface area contributed by atoms with Gasteiger partial charge in [0.1, 0.15) is 11.6 Å². The van der Waals surface area contributed by atoms with Gasteiger partial charge in [0, 0.05) is 12.3 Å². The van der Waals surface area contributed by atoms with Gasteiger partial charge in [-0.3, -0.25) is 9.59 Å². The summed E-state index contributed by atoms with van der Waals surface area (Å²) in [5, 5.41) is 0. The van der Waals surface area contributed by atoms with Crippen molar-refractivity contribution >= 4 is 11.6 Å². The Hall–Kier alpha value is -0.660. The van der Waals surface area contributed by atoms with E-state index >= 15 is 0 Å². The fourth-order valence-corrected chi connectivity index (χ4v) is 2.53. The van der Waals surface area contributed by atoms with Crippen LogP contribution in [-0.2, 0) is 9.59 Å². The van der Waals surface area contributed by atoms with Crippen LogP contribution in [0.3, 0.4) is 0 Å². The topological polar surface area (TPSA) is 34.1 Å². The van der Waals surface area contributed by atoms with E-state index in [0.29, 0.717) is 18.3 Å². The van der Waals surface area contributed by atoms with Crippen molar-refractivity contribution in [3.8, 4) is 0 Å². The Kier molecular flexibility index (Phi) is 1.12. The number of hydrogen-bond donors (Lipinski definition) is 0. The maximum Gasteiger partial charge on any atom is 0.146 e. The molecule has 2 nitrogen and oxygen atoms in total. The van der Waals surface area contributed by atoms with Crippen LogP contribution < -0.4 is 0 Å². The first-order valence-electron chi connectivity index (χ1n) is 4.84. The summed E-state index contributed by atoms with van der Waals surface area (Å²) in [5.74, 6) is 1.73. The van der Waals surface area contributed by atoms with E-state index in [2.05, 4.69) is 0 Å². The fraction of sp³-hybridized carbons (Fsp3) is 0.800. The van der Waals surface area contributed by atoms with Gasteiger partial charge >= 0.3 is 0 Å². The summed E-state index contributed by atoms with van der Waals surface area (Å²) in [6.45, 7) is 0. The first kappa shape index (κ1) is 6.81. The summed E-state index contributed by atoms with van der Waals surface area (Å²) in [7, 11) is 0. The Bertz CT molecular complexity index is 265. The van der Waals surface area contributed by atoms with Crippen molar-refractivity contribution in [3.05, 3.63) is 0 Å². The zero-order valence-electron chi connectivity index (χ0n) is 6.95. The summed E-state index contributed by atoms with van der Waals surface area (Å²) in [6, 6.07) is 0. The molecule has 0 radical (unpaired) electrons. The second-order valence-corrected chi connectivity index (χ2v) is 4.48. The Labute approximate surface area is 71.3 Å². The molecule has 12 heavy (non-hydrogen) atoms. The van der Waals surface area contributed by atoms with Crippen LogP contribution in [-0.4, -0.2) is 11.6 Å². The predicted octanol–water partition coefficient (Wildman–Crippen LogP) is 1.19. The van der Waals surface area contributed by atoms with Crippen molar-refractivity contribution in [2.24, 2.45) is 23.7 Å². The quantitative estimate of drug-likeness (QED) is 0.574. The van der Waals surface area contributed by atoms with Crippen LogP contribution >= 0.6 is 0 Å². The van der Waals surface area contributed by atoms with Gasteiger partial charge in [0.2, 0.25) is 0 Å². The normalized spacial score (nSPS) is 44.3. The maximum absolute atomic E-state index is 11.6. The molecule has 3 rings (SSSR count). The summed E-state index contributed by atoms with van der Waals surface area (Å²) >= 11 is 0. The number of rotatable bonds is 2. The standard InChI is InChI=1S/C10H12O2/c11-8-4-6-3-7(6)9(8)10(12)5-1-2-5/h5-7,9H,1-4H2. The summed E-state index contributed by atoms with van der Waals surface area (Å²) in [5.41, 5.74) is 0. The highest BCUT2D eigenvalue weighted by Crippen LogP contribution is 2.55. The lowest BCUT2D eigenvalue weighted by Gasteiger charge is -2.07. The zero-order chi connectivity index (χ0) is 8.29. The van der Waals surface area contributed by atoms with Crippen molar-refractivity contribution in [2.45, 2.75) is 25.7 Å². The van der Waals surface area contributed by atoms with Gasteiger partial charge in [0.05, 0.1) is 5.92 Å². The minimum atomic E-state index is -0.150. The summed E-state index contributed by atoms with van der Waals surface area (Å²) < 4.78 is 0. The summed E-state index contributed by atoms with van der Waals surface area (Å²) in [4.78, 5) is 23.0. The molecule has 64 valence electrons. The molecule has 3 unspecified atom stereocenters. The molecule has 3 aliphatic rings. The average Bonchev–Trinajstić information content (AvgIpc) is 2.86. The van der Waals surface area contributed by atoms with Crippen LogP contribution in [0.5, 0.6) is 0 Å². The highest BCUT2D eigenvalue weighted by molar-refractivity contribution is 6.06. The van der Waals surface area contributed by atoms with E-state index in [1.54, 1.807) is 0 Å². The molecule has 3 atom stereocenters. The molecule has 3 aliphatic carbocycles. The Balaban J connectivity index is 1.81. The average molecular weight is 164 g/mol. The Morgan fingerprint density at radius 3 is 2.58 bits per heavy atom. The molecule has 3 fully saturated rings. The van der Waals surface area contributed by atoms with Crippen LogP contribution in [0, 0.1) is 23.7 Å². The highest BCUT2D eigenvalue weighted by atomic mass is 16.2. The number of fused-ring (bicyclic) bond motifs is 1. The SMILES string of the molecule is O=C1CC2CC2C1C(=O)C1CC1. The lowest BCUT2D eigenvalue weighted by atomic mass is 9.94. The van der Waals surface area contributed by atoms with Gasteiger partial charge in [-0.15, -0.1) is 0 Å². The summed E-state index contributed by atoms with van der Waals surface area (Å²) in [6.07, 6.45) is 3.93. The molecule has 0 aromatic heterocycles. The van der Waals surface area contributed by atoms with Crippen LogP contribution in [0.15, 0.2) is 0 Å². The second kappa shape index (κ2) is 1.98. The van der Waals surface area contributed by atoms with Crippen molar-refractivity contribution in [1.82, 2.24) is 0 Å². The lowest BCUT2D eigenvalue weighted by Crippen LogP contribution is -2.23. The first-order valence-corrected chi connectivity index (χ1v) is 4.84. The van der Waals surface area contributed by atoms with Crippen LogP contribution in [0.4, 0.5) is 0 Å². The smallest absolute Gasteiger partial charge is 0.146 e. The van der Waals surface area contributed by atoms with E-state index in [4.69, 9.17) is 0 Å².